The number of carbonyl (C=O) groups is 2. The van der Waals surface area contributed by atoms with E-state index >= 15 is 0 Å². The van der Waals surface area contributed by atoms with Gasteiger partial charge in [-0.15, -0.1) is 35.6 Å². The quantitative estimate of drug-likeness (QED) is 0.0338. The molecule has 7 atom stereocenters. The average molecular weight is 872 g/mol. The first kappa shape index (κ1) is 44.6. The number of aryl methyl sites for hydroxylation is 1. The fourth-order valence-corrected chi connectivity index (χ4v) is 9.70. The summed E-state index contributed by atoms with van der Waals surface area (Å²) in [7, 11) is -2.77. The summed E-state index contributed by atoms with van der Waals surface area (Å²) in [4.78, 5) is 28.1. The molecule has 3 aromatic rings. The van der Waals surface area contributed by atoms with Crippen LogP contribution in [0.3, 0.4) is 0 Å². The Morgan fingerprint density at radius 3 is 2.33 bits per heavy atom. The lowest BCUT2D eigenvalue weighted by atomic mass is 9.72. The van der Waals surface area contributed by atoms with Crippen molar-refractivity contribution in [2.75, 3.05) is 32.0 Å². The number of nitrogens with one attached hydrogen (secondary N) is 1. The van der Waals surface area contributed by atoms with Crippen molar-refractivity contribution in [2.45, 2.75) is 76.3 Å². The van der Waals surface area contributed by atoms with E-state index in [4.69, 9.17) is 47.7 Å². The minimum Gasteiger partial charge on any atom is -0.507 e. The highest BCUT2D eigenvalue weighted by atomic mass is 35.5. The van der Waals surface area contributed by atoms with Gasteiger partial charge in [-0.25, -0.2) is 14.4 Å². The van der Waals surface area contributed by atoms with E-state index in [0.29, 0.717) is 0 Å². The third-order valence-corrected chi connectivity index (χ3v) is 12.8. The number of alkyl halides is 2. The maximum absolute atomic E-state index is 14.6. The van der Waals surface area contributed by atoms with Gasteiger partial charge in [-0.1, -0.05) is 29.8 Å². The van der Waals surface area contributed by atoms with Gasteiger partial charge in [0.2, 0.25) is 5.78 Å². The molecular formula is C38H46Cl3N4O11P. The molecule has 1 aliphatic heterocycles. The van der Waals surface area contributed by atoms with Gasteiger partial charge >= 0.3 is 7.67 Å². The van der Waals surface area contributed by atoms with Crippen LogP contribution < -0.4 is 20.2 Å². The van der Waals surface area contributed by atoms with Gasteiger partial charge in [-0.2, -0.15) is 5.10 Å². The van der Waals surface area contributed by atoms with Crippen molar-refractivity contribution in [3.05, 3.63) is 81.4 Å². The Bertz CT molecular complexity index is 2070. The normalized spacial score (nSPS) is 25.4. The first-order valence-corrected chi connectivity index (χ1v) is 20.6. The number of halogens is 3. The molecule has 3 aromatic carbocycles. The number of aliphatic hydroxyl groups excluding tert-OH is 1. The zero-order chi connectivity index (χ0) is 40.7. The third kappa shape index (κ3) is 8.51. The Balaban J connectivity index is 0.00000620. The number of aliphatic hydroxyl groups is 2. The molecule has 1 fully saturated rings. The summed E-state index contributed by atoms with van der Waals surface area (Å²) in [5.41, 5.74) is 3.89. The molecule has 57 heavy (non-hydrogen) atoms. The van der Waals surface area contributed by atoms with Crippen LogP contribution in [0.2, 0.25) is 0 Å². The Hall–Kier alpha value is -3.47. The molecule has 1 heterocycles. The lowest BCUT2D eigenvalue weighted by molar-refractivity contribution is -0.245. The van der Waals surface area contributed by atoms with E-state index in [1.807, 2.05) is 6.92 Å². The molecule has 6 rings (SSSR count). The molecule has 0 amide bonds. The van der Waals surface area contributed by atoms with E-state index in [1.54, 1.807) is 31.2 Å². The van der Waals surface area contributed by atoms with Crippen molar-refractivity contribution in [2.24, 2.45) is 10.8 Å². The summed E-state index contributed by atoms with van der Waals surface area (Å²) in [6.45, 7) is 5.15. The number of nitrogens with two attached hydrogens (primary N) is 1. The monoisotopic (exact) mass is 870 g/mol. The first-order chi connectivity index (χ1) is 26.6. The van der Waals surface area contributed by atoms with Gasteiger partial charge < -0.3 is 44.9 Å². The minimum atomic E-state index is -4.11. The molecule has 0 saturated carbocycles. The van der Waals surface area contributed by atoms with E-state index in [0.717, 1.165) is 5.56 Å². The van der Waals surface area contributed by atoms with Crippen molar-refractivity contribution >= 4 is 60.6 Å². The maximum atomic E-state index is 14.6. The van der Waals surface area contributed by atoms with Crippen LogP contribution in [-0.4, -0.2) is 104 Å². The van der Waals surface area contributed by atoms with Gasteiger partial charge in [0.1, 0.15) is 28.6 Å². The number of carbonyl (C=O) groups excluding carboxylic acids is 2. The van der Waals surface area contributed by atoms with E-state index < -0.39 is 84.5 Å². The Morgan fingerprint density at radius 2 is 1.72 bits per heavy atom. The highest BCUT2D eigenvalue weighted by Gasteiger charge is 2.49. The van der Waals surface area contributed by atoms with Crippen LogP contribution >= 0.6 is 43.3 Å². The van der Waals surface area contributed by atoms with Crippen molar-refractivity contribution in [3.8, 4) is 23.0 Å². The third-order valence-electron chi connectivity index (χ3n) is 10.5. The second-order valence-corrected chi connectivity index (χ2v) is 16.9. The van der Waals surface area contributed by atoms with Crippen molar-refractivity contribution in [3.63, 3.8) is 0 Å². The number of ether oxygens (including phenoxy) is 3. The van der Waals surface area contributed by atoms with E-state index in [1.165, 1.54) is 36.9 Å². The molecule has 7 N–H and O–H groups in total. The number of rotatable bonds is 13. The number of aromatic hydroxyl groups is 2. The number of methoxy groups -OCH3 is 1. The Kier molecular flexibility index (Phi) is 13.9. The largest absolute Gasteiger partial charge is 0.507 e. The van der Waals surface area contributed by atoms with Gasteiger partial charge in [-0.05, 0) is 39.0 Å². The van der Waals surface area contributed by atoms with Gasteiger partial charge in [-0.3, -0.25) is 9.59 Å². The lowest BCUT2D eigenvalue weighted by Crippen LogP contribution is -2.52. The molecule has 2 aliphatic carbocycles. The zero-order valence-electron chi connectivity index (χ0n) is 31.6. The number of fused-ring (bicyclic) bond motifs is 3. The molecule has 3 aliphatic rings. The molecule has 0 spiro atoms. The van der Waals surface area contributed by atoms with Crippen LogP contribution in [0.4, 0.5) is 0 Å². The van der Waals surface area contributed by atoms with Crippen LogP contribution in [0.25, 0.3) is 0 Å². The summed E-state index contributed by atoms with van der Waals surface area (Å²) >= 11 is 12.1. The van der Waals surface area contributed by atoms with Gasteiger partial charge in [0, 0.05) is 66.8 Å². The topological polar surface area (TPSA) is 223 Å². The molecule has 15 nitrogen and oxygen atoms in total. The summed E-state index contributed by atoms with van der Waals surface area (Å²) in [5.74, 6) is -2.28. The number of hydrogen-bond acceptors (Lipinski definition) is 13. The lowest BCUT2D eigenvalue weighted by Gasteiger charge is -2.43. The molecule has 0 radical (unpaired) electrons. The van der Waals surface area contributed by atoms with Crippen LogP contribution in [0.1, 0.15) is 81.3 Å². The second kappa shape index (κ2) is 17.8. The second-order valence-electron chi connectivity index (χ2n) is 14.1. The molecule has 1 saturated heterocycles. The van der Waals surface area contributed by atoms with Gasteiger partial charge in [0.25, 0.3) is 0 Å². The van der Waals surface area contributed by atoms with Crippen LogP contribution in [0.5, 0.6) is 23.0 Å². The predicted octanol–water partition coefficient (Wildman–Crippen LogP) is 5.10. The summed E-state index contributed by atoms with van der Waals surface area (Å²) in [6, 6.07) is 10.5. The molecule has 0 aromatic heterocycles. The van der Waals surface area contributed by atoms with E-state index in [9.17, 15) is 34.6 Å². The molecule has 19 heteroatoms. The fraction of sp³-hybridized carbons (Fsp3) is 0.447. The molecule has 1 unspecified atom stereocenters. The predicted molar refractivity (Wildman–Crippen MR) is 216 cm³/mol. The van der Waals surface area contributed by atoms with Crippen molar-refractivity contribution in [1.29, 1.82) is 0 Å². The standard InChI is InChI=1S/C38H45Cl2N4O11P.ClH/c1-19-8-10-22(11-9-19)55-56(51,44(14-12-39)15-13-40)43-42-21(3)38(50)17-24-30(27(18-38)54-28-16-25(41)33(45)20(2)53-28)37(49)32-31(35(24)47)34(46)23-6-5-7-26(52-4)29(23)36(32)48;/h5-11,20,25,27-28,33,45,47,49-50H,12-18,41H2,1-4H3,(H,43,51);1H/t20-,25-,27-,28-,33+,38-,56?;/m0./s1. The number of phenolic OH excluding ortho intramolecular Hbond substituents is 2. The highest BCUT2D eigenvalue weighted by Crippen LogP contribution is 2.53. The summed E-state index contributed by atoms with van der Waals surface area (Å²) < 4.78 is 39.7. The Morgan fingerprint density at radius 1 is 1.07 bits per heavy atom. The smallest absolute Gasteiger partial charge is 0.435 e. The number of phenols is 2. The van der Waals surface area contributed by atoms with E-state index in [2.05, 4.69) is 10.3 Å². The van der Waals surface area contributed by atoms with Crippen molar-refractivity contribution < 1.29 is 53.3 Å². The highest BCUT2D eigenvalue weighted by molar-refractivity contribution is 7.54. The Labute approximate surface area is 346 Å². The molecular weight excluding hydrogens is 826 g/mol. The van der Waals surface area contributed by atoms with Crippen LogP contribution in [0.15, 0.2) is 47.6 Å². The van der Waals surface area contributed by atoms with Crippen LogP contribution in [0, 0.1) is 6.92 Å². The fourth-order valence-electron chi connectivity index (χ4n) is 7.36. The SMILES string of the molecule is COc1cccc2c1C(=O)c1c(O)c3c(c(O)c1C2=O)C[C@@](O)(C(C)=NNP(=O)(Oc1ccc(C)cc1)N(CCCl)CCCl)C[C@@H]3O[C@H]1C[C@H](N)[C@H](O)[C@H](C)O1.Cl. The first-order valence-electron chi connectivity index (χ1n) is 18.0. The summed E-state index contributed by atoms with van der Waals surface area (Å²) in [6.07, 6.45) is -4.89. The van der Waals surface area contributed by atoms with E-state index in [-0.39, 0.29) is 89.6 Å². The molecule has 310 valence electrons. The van der Waals surface area contributed by atoms with Crippen LogP contribution in [-0.2, 0) is 20.5 Å². The summed E-state index contributed by atoms with van der Waals surface area (Å²) in [5, 5.41) is 53.8. The number of nitrogens with zero attached hydrogens (tertiary/aromatic N) is 2. The average Bonchev–Trinajstić information content (AvgIpc) is 3.16. The number of hydrazone groups is 1. The van der Waals surface area contributed by atoms with Gasteiger partial charge in [0.05, 0.1) is 47.8 Å². The zero-order valence-corrected chi connectivity index (χ0v) is 34.8. The number of ketones is 2. The van der Waals surface area contributed by atoms with Gasteiger partial charge in [0.15, 0.2) is 12.1 Å². The maximum Gasteiger partial charge on any atom is 0.435 e. The minimum absolute atomic E-state index is 0. The molecule has 0 bridgehead atoms. The number of benzene rings is 3. The number of hydrogen-bond donors (Lipinski definition) is 6. The van der Waals surface area contributed by atoms with Crippen molar-refractivity contribution in [1.82, 2.24) is 9.87 Å².